The molecule has 7 heteroatoms. The van der Waals surface area contributed by atoms with E-state index >= 15 is 0 Å². The fourth-order valence-corrected chi connectivity index (χ4v) is 5.87. The molecule has 2 amide bonds. The molecule has 3 saturated heterocycles. The highest BCUT2D eigenvalue weighted by Crippen LogP contribution is 2.68. The standard InChI is InChI=1S/C23H31N3O4/c1-15(2)30-22(28)24-16-3-5-17(6-4-16)25-10-7-19-20-13-26(18-8-11-29-12-9-18)21(27)23(19,20)14-25/h3-6,15,18-20H,7-14H2,1-2H3,(H,24,28)/t19?,20?,23-/m1/s1. The van der Waals surface area contributed by atoms with Crippen molar-refractivity contribution in [3.63, 3.8) is 0 Å². The fourth-order valence-electron chi connectivity index (χ4n) is 5.87. The van der Waals surface area contributed by atoms with Gasteiger partial charge in [-0.05, 0) is 69.2 Å². The summed E-state index contributed by atoms with van der Waals surface area (Å²) < 4.78 is 10.6. The van der Waals surface area contributed by atoms with Crippen LogP contribution < -0.4 is 10.2 Å². The third kappa shape index (κ3) is 3.23. The van der Waals surface area contributed by atoms with Crippen molar-refractivity contribution >= 4 is 23.4 Å². The van der Waals surface area contributed by atoms with E-state index in [2.05, 4.69) is 15.1 Å². The Morgan fingerprint density at radius 1 is 1.17 bits per heavy atom. The second-order valence-corrected chi connectivity index (χ2v) is 9.39. The molecule has 1 aromatic rings. The van der Waals surface area contributed by atoms with Crippen molar-refractivity contribution in [3.8, 4) is 0 Å². The molecule has 2 unspecified atom stereocenters. The van der Waals surface area contributed by atoms with E-state index < -0.39 is 6.09 Å². The lowest BCUT2D eigenvalue weighted by atomic mass is 9.94. The molecule has 5 rings (SSSR count). The number of fused-ring (bicyclic) bond motifs is 1. The van der Waals surface area contributed by atoms with E-state index in [0.717, 1.165) is 57.8 Å². The van der Waals surface area contributed by atoms with Crippen molar-refractivity contribution in [1.29, 1.82) is 0 Å². The largest absolute Gasteiger partial charge is 0.447 e. The molecule has 3 heterocycles. The summed E-state index contributed by atoms with van der Waals surface area (Å²) in [5.41, 5.74) is 1.65. The van der Waals surface area contributed by atoms with Gasteiger partial charge < -0.3 is 19.3 Å². The number of anilines is 2. The van der Waals surface area contributed by atoms with Crippen LogP contribution in [-0.4, -0.2) is 61.9 Å². The van der Waals surface area contributed by atoms with E-state index in [4.69, 9.17) is 9.47 Å². The predicted molar refractivity (Wildman–Crippen MR) is 113 cm³/mol. The highest BCUT2D eigenvalue weighted by Gasteiger charge is 2.75. The van der Waals surface area contributed by atoms with Gasteiger partial charge in [0.05, 0.1) is 11.5 Å². The molecular formula is C23H31N3O4. The van der Waals surface area contributed by atoms with Crippen molar-refractivity contribution in [3.05, 3.63) is 24.3 Å². The van der Waals surface area contributed by atoms with Crippen molar-refractivity contribution < 1.29 is 19.1 Å². The number of amides is 2. The summed E-state index contributed by atoms with van der Waals surface area (Å²) in [5, 5.41) is 2.75. The van der Waals surface area contributed by atoms with Crippen LogP contribution in [0.1, 0.15) is 33.1 Å². The summed E-state index contributed by atoms with van der Waals surface area (Å²) in [6, 6.07) is 8.20. The number of piperidine rings is 2. The lowest BCUT2D eigenvalue weighted by Gasteiger charge is -2.38. The molecule has 1 saturated carbocycles. The zero-order valence-electron chi connectivity index (χ0n) is 17.8. The summed E-state index contributed by atoms with van der Waals surface area (Å²) in [7, 11) is 0. The van der Waals surface area contributed by atoms with Gasteiger partial charge in [-0.1, -0.05) is 0 Å². The predicted octanol–water partition coefficient (Wildman–Crippen LogP) is 3.11. The first-order valence-electron chi connectivity index (χ1n) is 11.2. The lowest BCUT2D eigenvalue weighted by molar-refractivity contribution is -0.138. The number of carbonyl (C=O) groups excluding carboxylic acids is 2. The summed E-state index contributed by atoms with van der Waals surface area (Å²) in [6.07, 6.45) is 2.43. The van der Waals surface area contributed by atoms with Gasteiger partial charge in [0.15, 0.2) is 0 Å². The summed E-state index contributed by atoms with van der Waals surface area (Å²) in [5.74, 6) is 1.46. The first-order valence-corrected chi connectivity index (χ1v) is 11.2. The van der Waals surface area contributed by atoms with Crippen LogP contribution in [0.25, 0.3) is 0 Å². The number of hydrogen-bond acceptors (Lipinski definition) is 5. The molecule has 0 bridgehead atoms. The van der Waals surface area contributed by atoms with Gasteiger partial charge in [0.1, 0.15) is 0 Å². The average Bonchev–Trinajstić information content (AvgIpc) is 3.30. The Kier molecular flexibility index (Phi) is 4.88. The first kappa shape index (κ1) is 19.7. The zero-order chi connectivity index (χ0) is 20.9. The molecule has 1 aliphatic carbocycles. The van der Waals surface area contributed by atoms with Gasteiger partial charge in [-0.25, -0.2) is 4.79 Å². The minimum atomic E-state index is -0.442. The van der Waals surface area contributed by atoms with Crippen LogP contribution in [0.4, 0.5) is 16.2 Å². The first-order chi connectivity index (χ1) is 14.5. The maximum Gasteiger partial charge on any atom is 0.411 e. The molecule has 4 fully saturated rings. The van der Waals surface area contributed by atoms with Crippen LogP contribution in [0, 0.1) is 17.3 Å². The second kappa shape index (κ2) is 7.45. The number of nitrogens with one attached hydrogen (secondary N) is 1. The Hall–Kier alpha value is -2.28. The van der Waals surface area contributed by atoms with Gasteiger partial charge in [-0.3, -0.25) is 10.1 Å². The van der Waals surface area contributed by atoms with Crippen LogP contribution in [0.2, 0.25) is 0 Å². The highest BCUT2D eigenvalue weighted by molar-refractivity contribution is 5.91. The summed E-state index contributed by atoms with van der Waals surface area (Å²) in [4.78, 5) is 29.7. The monoisotopic (exact) mass is 413 g/mol. The topological polar surface area (TPSA) is 71.1 Å². The zero-order valence-corrected chi connectivity index (χ0v) is 17.8. The molecule has 1 spiro atoms. The Bertz CT molecular complexity index is 820. The van der Waals surface area contributed by atoms with Crippen LogP contribution in [0.3, 0.4) is 0 Å². The van der Waals surface area contributed by atoms with Crippen LogP contribution in [0.15, 0.2) is 24.3 Å². The van der Waals surface area contributed by atoms with Crippen LogP contribution in [0.5, 0.6) is 0 Å². The van der Waals surface area contributed by atoms with Gasteiger partial charge >= 0.3 is 6.09 Å². The minimum Gasteiger partial charge on any atom is -0.447 e. The van der Waals surface area contributed by atoms with Gasteiger partial charge in [-0.2, -0.15) is 0 Å². The number of carbonyl (C=O) groups is 2. The molecule has 3 aliphatic heterocycles. The molecule has 162 valence electrons. The fraction of sp³-hybridized carbons (Fsp3) is 0.652. The molecular weight excluding hydrogens is 382 g/mol. The Balaban J connectivity index is 1.24. The molecule has 0 aromatic heterocycles. The summed E-state index contributed by atoms with van der Waals surface area (Å²) in [6.45, 7) is 7.91. The van der Waals surface area contributed by atoms with Gasteiger partial charge in [-0.15, -0.1) is 0 Å². The third-order valence-corrected chi connectivity index (χ3v) is 7.37. The number of hydrogen-bond donors (Lipinski definition) is 1. The van der Waals surface area contributed by atoms with Gasteiger partial charge in [0.2, 0.25) is 5.91 Å². The van der Waals surface area contributed by atoms with Crippen LogP contribution in [-0.2, 0) is 14.3 Å². The van der Waals surface area contributed by atoms with Crippen LogP contribution >= 0.6 is 0 Å². The maximum atomic E-state index is 13.4. The van der Waals surface area contributed by atoms with E-state index in [-0.39, 0.29) is 11.5 Å². The summed E-state index contributed by atoms with van der Waals surface area (Å²) >= 11 is 0. The quantitative estimate of drug-likeness (QED) is 0.821. The number of nitrogens with zero attached hydrogens (tertiary/aromatic N) is 2. The van der Waals surface area contributed by atoms with Crippen molar-refractivity contribution in [1.82, 2.24) is 4.90 Å². The Morgan fingerprint density at radius 2 is 1.90 bits per heavy atom. The van der Waals surface area contributed by atoms with Crippen molar-refractivity contribution in [2.24, 2.45) is 17.3 Å². The SMILES string of the molecule is CC(C)OC(=O)Nc1ccc(N2CCC3C4CN(C5CCOCC5)C(=O)[C@]34C2)cc1. The number of likely N-dealkylation sites (tertiary alicyclic amines) is 1. The van der Waals surface area contributed by atoms with E-state index in [9.17, 15) is 9.59 Å². The Morgan fingerprint density at radius 3 is 2.60 bits per heavy atom. The normalized spacial score (nSPS) is 30.8. The van der Waals surface area contributed by atoms with E-state index in [1.54, 1.807) is 0 Å². The molecule has 30 heavy (non-hydrogen) atoms. The van der Waals surface area contributed by atoms with Gasteiger partial charge in [0.25, 0.3) is 0 Å². The van der Waals surface area contributed by atoms with Crippen molar-refractivity contribution in [2.75, 3.05) is 43.1 Å². The van der Waals surface area contributed by atoms with Gasteiger partial charge in [0, 0.05) is 50.3 Å². The van der Waals surface area contributed by atoms with E-state index in [1.165, 1.54) is 0 Å². The molecule has 4 aliphatic rings. The number of ether oxygens (including phenoxy) is 2. The van der Waals surface area contributed by atoms with E-state index in [1.807, 2.05) is 38.1 Å². The third-order valence-electron chi connectivity index (χ3n) is 7.37. The second-order valence-electron chi connectivity index (χ2n) is 9.39. The lowest BCUT2D eigenvalue weighted by Crippen LogP contribution is -2.48. The number of rotatable bonds is 4. The molecule has 1 aromatic carbocycles. The maximum absolute atomic E-state index is 13.4. The smallest absolute Gasteiger partial charge is 0.411 e. The van der Waals surface area contributed by atoms with Crippen molar-refractivity contribution in [2.45, 2.75) is 45.3 Å². The molecule has 7 nitrogen and oxygen atoms in total. The minimum absolute atomic E-state index is 0.152. The highest BCUT2D eigenvalue weighted by atomic mass is 16.6. The molecule has 1 N–H and O–H groups in total. The Labute approximate surface area is 177 Å². The number of benzene rings is 1. The molecule has 0 radical (unpaired) electrons. The molecule has 3 atom stereocenters. The average molecular weight is 414 g/mol. The van der Waals surface area contributed by atoms with E-state index in [0.29, 0.717) is 29.5 Å².